The van der Waals surface area contributed by atoms with Crippen molar-refractivity contribution in [2.24, 2.45) is 22.4 Å². The van der Waals surface area contributed by atoms with E-state index in [4.69, 9.17) is 9.57 Å². The van der Waals surface area contributed by atoms with E-state index in [9.17, 15) is 14.4 Å². The van der Waals surface area contributed by atoms with Crippen molar-refractivity contribution in [2.45, 2.75) is 130 Å². The number of rotatable bonds is 21. The van der Waals surface area contributed by atoms with Crippen molar-refractivity contribution >= 4 is 23.2 Å². The van der Waals surface area contributed by atoms with Gasteiger partial charge >= 0.3 is 5.97 Å². The van der Waals surface area contributed by atoms with Crippen LogP contribution in [0.3, 0.4) is 0 Å². The molecule has 0 spiro atoms. The van der Waals surface area contributed by atoms with Crippen molar-refractivity contribution in [3.63, 3.8) is 0 Å². The van der Waals surface area contributed by atoms with Gasteiger partial charge in [0, 0.05) is 6.42 Å². The number of Topliss-reactive ketones (excluding diaryl/α,β-unsaturated/α-hetero) is 2. The van der Waals surface area contributed by atoms with Gasteiger partial charge in [0.2, 0.25) is 0 Å². The number of oxime groups is 1. The van der Waals surface area contributed by atoms with Crippen LogP contribution in [-0.4, -0.2) is 37.0 Å². The Labute approximate surface area is 226 Å². The van der Waals surface area contributed by atoms with E-state index in [0.29, 0.717) is 12.1 Å². The zero-order valence-electron chi connectivity index (χ0n) is 24.2. The first-order chi connectivity index (χ1) is 17.8. The number of methoxy groups -OCH3 is 1. The molecule has 212 valence electrons. The van der Waals surface area contributed by atoms with Gasteiger partial charge in [-0.2, -0.15) is 0 Å². The topological polar surface area (TPSA) is 82.0 Å². The molecule has 2 atom stereocenters. The molecular weight excluding hydrogens is 466 g/mol. The van der Waals surface area contributed by atoms with Crippen LogP contribution in [0.2, 0.25) is 0 Å². The number of carbonyl (C=O) groups excluding carboxylic acids is 3. The van der Waals surface area contributed by atoms with Gasteiger partial charge in [0.05, 0.1) is 12.8 Å². The molecule has 0 aromatic heterocycles. The van der Waals surface area contributed by atoms with Crippen LogP contribution in [0.4, 0.5) is 0 Å². The molecule has 0 aromatic carbocycles. The zero-order chi connectivity index (χ0) is 27.5. The molecule has 6 heteroatoms. The van der Waals surface area contributed by atoms with Crippen molar-refractivity contribution < 1.29 is 24.0 Å². The van der Waals surface area contributed by atoms with E-state index in [1.807, 2.05) is 0 Å². The van der Waals surface area contributed by atoms with Gasteiger partial charge in [-0.1, -0.05) is 128 Å². The van der Waals surface area contributed by atoms with E-state index < -0.39 is 29.0 Å². The van der Waals surface area contributed by atoms with Crippen LogP contribution in [0.1, 0.15) is 130 Å². The highest BCUT2D eigenvalue weighted by atomic mass is 16.6. The third-order valence-electron chi connectivity index (χ3n) is 7.48. The fourth-order valence-corrected chi connectivity index (χ4v) is 5.36. The first-order valence-electron chi connectivity index (χ1n) is 14.7. The largest absolute Gasteiger partial charge is 0.468 e. The Morgan fingerprint density at radius 3 is 1.86 bits per heavy atom. The summed E-state index contributed by atoms with van der Waals surface area (Å²) < 4.78 is 4.89. The van der Waals surface area contributed by atoms with Gasteiger partial charge in [-0.25, -0.2) is 0 Å². The molecule has 1 saturated carbocycles. The van der Waals surface area contributed by atoms with Gasteiger partial charge in [0.1, 0.15) is 24.2 Å². The summed E-state index contributed by atoms with van der Waals surface area (Å²) in [6.45, 7) is 9.61. The highest BCUT2D eigenvalue weighted by Gasteiger charge is 2.53. The molecule has 0 aliphatic heterocycles. The lowest BCUT2D eigenvalue weighted by atomic mass is 9.63. The van der Waals surface area contributed by atoms with Crippen molar-refractivity contribution in [1.29, 1.82) is 0 Å². The minimum Gasteiger partial charge on any atom is -0.468 e. The number of carbonyl (C=O) groups is 3. The average molecular weight is 520 g/mol. The summed E-state index contributed by atoms with van der Waals surface area (Å²) in [5.74, 6) is -3.22. The van der Waals surface area contributed by atoms with Crippen LogP contribution in [0.5, 0.6) is 0 Å². The summed E-state index contributed by atoms with van der Waals surface area (Å²) in [5, 5.41) is 4.16. The first kappa shape index (κ1) is 33.0. The van der Waals surface area contributed by atoms with Crippen molar-refractivity contribution in [3.8, 4) is 0 Å². The minimum absolute atomic E-state index is 0.127. The Morgan fingerprint density at radius 2 is 1.41 bits per heavy atom. The highest BCUT2D eigenvalue weighted by molar-refractivity contribution is 6.26. The second kappa shape index (κ2) is 19.1. The number of esters is 1. The molecule has 0 amide bonds. The fourth-order valence-electron chi connectivity index (χ4n) is 5.36. The maximum absolute atomic E-state index is 13.3. The molecule has 0 heterocycles. The van der Waals surface area contributed by atoms with Crippen LogP contribution < -0.4 is 0 Å². The maximum atomic E-state index is 13.3. The third kappa shape index (κ3) is 12.4. The maximum Gasteiger partial charge on any atom is 0.316 e. The third-order valence-corrected chi connectivity index (χ3v) is 7.48. The summed E-state index contributed by atoms with van der Waals surface area (Å²) in [6.07, 6.45) is 21.2. The first-order valence-corrected chi connectivity index (χ1v) is 14.7. The lowest BCUT2D eigenvalue weighted by molar-refractivity contribution is -0.159. The molecule has 37 heavy (non-hydrogen) atoms. The summed E-state index contributed by atoms with van der Waals surface area (Å²) >= 11 is 0. The second-order valence-electron chi connectivity index (χ2n) is 11.3. The fraction of sp³-hybridized carbons (Fsp3) is 0.806. The molecule has 0 bridgehead atoms. The van der Waals surface area contributed by atoms with Gasteiger partial charge in [-0.05, 0) is 18.3 Å². The van der Waals surface area contributed by atoms with E-state index in [1.165, 1.54) is 84.2 Å². The molecule has 0 N–H and O–H groups in total. The Balaban J connectivity index is 2.42. The molecule has 0 radical (unpaired) electrons. The van der Waals surface area contributed by atoms with Crippen LogP contribution in [0.25, 0.3) is 0 Å². The number of ether oxygens (including phenoxy) is 1. The molecule has 1 rings (SSSR count). The summed E-state index contributed by atoms with van der Waals surface area (Å²) in [7, 11) is 1.27. The summed E-state index contributed by atoms with van der Waals surface area (Å²) in [4.78, 5) is 44.0. The smallest absolute Gasteiger partial charge is 0.316 e. The van der Waals surface area contributed by atoms with Gasteiger partial charge in [-0.15, -0.1) is 0 Å². The lowest BCUT2D eigenvalue weighted by Gasteiger charge is -2.38. The Hall–Kier alpha value is -1.98. The van der Waals surface area contributed by atoms with Gasteiger partial charge in [0.15, 0.2) is 5.78 Å². The van der Waals surface area contributed by atoms with Crippen LogP contribution in [0.15, 0.2) is 17.8 Å². The van der Waals surface area contributed by atoms with E-state index >= 15 is 0 Å². The van der Waals surface area contributed by atoms with Crippen molar-refractivity contribution in [1.82, 2.24) is 0 Å². The van der Waals surface area contributed by atoms with E-state index in [2.05, 4.69) is 18.7 Å². The lowest BCUT2D eigenvalue weighted by Crippen LogP contribution is -2.52. The zero-order valence-corrected chi connectivity index (χ0v) is 24.2. The van der Waals surface area contributed by atoms with Gasteiger partial charge < -0.3 is 9.57 Å². The van der Waals surface area contributed by atoms with E-state index in [-0.39, 0.29) is 18.8 Å². The number of ketones is 2. The predicted octanol–water partition coefficient (Wildman–Crippen LogP) is 7.78. The minimum atomic E-state index is -1.03. The molecule has 1 fully saturated rings. The number of nitrogens with zero attached hydrogens (tertiary/aromatic N) is 1. The number of unbranched alkanes of at least 4 members (excludes halogenated alkanes) is 14. The Bertz CT molecular complexity index is 727. The Morgan fingerprint density at radius 1 is 0.919 bits per heavy atom. The van der Waals surface area contributed by atoms with Crippen LogP contribution in [0, 0.1) is 17.3 Å². The molecule has 6 nitrogen and oxygen atoms in total. The highest BCUT2D eigenvalue weighted by Crippen LogP contribution is 2.40. The van der Waals surface area contributed by atoms with Crippen LogP contribution >= 0.6 is 0 Å². The molecule has 1 aliphatic rings. The van der Waals surface area contributed by atoms with Crippen molar-refractivity contribution in [3.05, 3.63) is 12.7 Å². The molecule has 0 saturated heterocycles. The summed E-state index contributed by atoms with van der Waals surface area (Å²) in [6, 6.07) is 0. The quantitative estimate of drug-likeness (QED) is 0.0386. The molecule has 0 aromatic rings. The van der Waals surface area contributed by atoms with Gasteiger partial charge in [-0.3, -0.25) is 14.4 Å². The molecular formula is C31H53NO5. The Kier molecular flexibility index (Phi) is 17.1. The van der Waals surface area contributed by atoms with E-state index in [1.54, 1.807) is 19.9 Å². The SMILES string of the molecule is C=CCON=C(CCCCCCCCCCCCCCCCC)C1C(=O)CC(C)(C)C(C(=O)OC)C1=O. The molecule has 1 aliphatic carbocycles. The average Bonchev–Trinajstić information content (AvgIpc) is 2.85. The van der Waals surface area contributed by atoms with E-state index in [0.717, 1.165) is 19.3 Å². The predicted molar refractivity (Wildman–Crippen MR) is 151 cm³/mol. The number of hydrogen-bond acceptors (Lipinski definition) is 6. The molecule has 2 unspecified atom stereocenters. The summed E-state index contributed by atoms with van der Waals surface area (Å²) in [5.41, 5.74) is -0.351. The second-order valence-corrected chi connectivity index (χ2v) is 11.3. The standard InChI is InChI=1S/C31H53NO5/c1-6-8-9-10-11-12-13-14-15-16-17-18-19-20-21-22-25(32-37-23-7-2)27-26(33)24-31(3,4)28(29(27)34)30(35)36-5/h7,27-28H,2,6,8-24H2,1,3-5H3. The van der Waals surface area contributed by atoms with Crippen LogP contribution in [-0.2, 0) is 24.0 Å². The van der Waals surface area contributed by atoms with Crippen molar-refractivity contribution in [2.75, 3.05) is 13.7 Å². The number of hydrogen-bond donors (Lipinski definition) is 0. The monoisotopic (exact) mass is 519 g/mol. The normalized spacial score (nSPS) is 19.6. The van der Waals surface area contributed by atoms with Gasteiger partial charge in [0.25, 0.3) is 0 Å².